The molecule has 0 atom stereocenters. The number of rotatable bonds is 3. The van der Waals surface area contributed by atoms with Crippen LogP contribution in [0.15, 0.2) is 24.7 Å². The van der Waals surface area contributed by atoms with Gasteiger partial charge in [0.15, 0.2) is 0 Å². The largest absolute Gasteiger partial charge is 0.379 e. The number of thiazole rings is 1. The molecule has 0 bridgehead atoms. The summed E-state index contributed by atoms with van der Waals surface area (Å²) in [6.07, 6.45) is 5.66. The summed E-state index contributed by atoms with van der Waals surface area (Å²) in [7, 11) is 0. The average Bonchev–Trinajstić information content (AvgIpc) is 2.74. The molecular weight excluding hydrogens is 242 g/mol. The summed E-state index contributed by atoms with van der Waals surface area (Å²) in [4.78, 5) is 9.90. The first kappa shape index (κ1) is 13.0. The van der Waals surface area contributed by atoms with Crippen molar-refractivity contribution in [2.24, 2.45) is 0 Å². The van der Waals surface area contributed by atoms with Crippen molar-refractivity contribution in [1.82, 2.24) is 9.97 Å². The molecule has 0 aliphatic carbocycles. The maximum absolute atomic E-state index is 4.48. The minimum Gasteiger partial charge on any atom is -0.379 e. The summed E-state index contributed by atoms with van der Waals surface area (Å²) >= 11 is 1.77. The summed E-state index contributed by atoms with van der Waals surface area (Å²) in [5.41, 5.74) is 2.36. The molecule has 0 aliphatic rings. The Kier molecular flexibility index (Phi) is 3.66. The van der Waals surface area contributed by atoms with E-state index in [1.807, 2.05) is 25.5 Å². The summed E-state index contributed by atoms with van der Waals surface area (Å²) in [5.74, 6) is 0. The minimum atomic E-state index is 0.133. The molecule has 0 aliphatic heterocycles. The number of anilines is 1. The number of nitrogens with zero attached hydrogens (tertiary/aromatic N) is 2. The second-order valence-electron chi connectivity index (χ2n) is 5.49. The monoisotopic (exact) mass is 261 g/mol. The summed E-state index contributed by atoms with van der Waals surface area (Å²) < 4.78 is 0. The highest BCUT2D eigenvalue weighted by molar-refractivity contribution is 7.11. The number of aryl methyl sites for hydroxylation is 1. The molecule has 0 spiro atoms. The summed E-state index contributed by atoms with van der Waals surface area (Å²) in [6, 6.07) is 2.10. The fraction of sp³-hybridized carbons (Fsp3) is 0.429. The highest BCUT2D eigenvalue weighted by Gasteiger charge is 2.17. The molecule has 2 rings (SSSR count). The van der Waals surface area contributed by atoms with Gasteiger partial charge in [0.25, 0.3) is 0 Å². The molecule has 0 unspecified atom stereocenters. The Labute approximate surface area is 112 Å². The zero-order valence-electron chi connectivity index (χ0n) is 11.3. The zero-order chi connectivity index (χ0) is 13.2. The van der Waals surface area contributed by atoms with Crippen LogP contribution in [-0.2, 0) is 12.0 Å². The van der Waals surface area contributed by atoms with Gasteiger partial charge >= 0.3 is 0 Å². The molecule has 0 saturated heterocycles. The zero-order valence-corrected chi connectivity index (χ0v) is 12.1. The van der Waals surface area contributed by atoms with Gasteiger partial charge in [0.05, 0.1) is 17.2 Å². The Hall–Kier alpha value is -1.42. The Morgan fingerprint density at radius 1 is 1.22 bits per heavy atom. The van der Waals surface area contributed by atoms with Gasteiger partial charge in [0.2, 0.25) is 0 Å². The van der Waals surface area contributed by atoms with Crippen molar-refractivity contribution in [2.45, 2.75) is 39.7 Å². The lowest BCUT2D eigenvalue weighted by molar-refractivity contribution is 0.585. The van der Waals surface area contributed by atoms with E-state index in [9.17, 15) is 0 Å². The number of hydrogen-bond acceptors (Lipinski definition) is 4. The van der Waals surface area contributed by atoms with Gasteiger partial charge in [-0.2, -0.15) is 0 Å². The lowest BCUT2D eigenvalue weighted by Gasteiger charge is -2.13. The highest BCUT2D eigenvalue weighted by Crippen LogP contribution is 2.27. The summed E-state index contributed by atoms with van der Waals surface area (Å²) in [5, 5.41) is 4.56. The van der Waals surface area contributed by atoms with Crippen molar-refractivity contribution in [2.75, 3.05) is 5.32 Å². The van der Waals surface area contributed by atoms with Crippen molar-refractivity contribution in [3.8, 4) is 0 Å². The van der Waals surface area contributed by atoms with E-state index in [1.54, 1.807) is 11.3 Å². The van der Waals surface area contributed by atoms with E-state index < -0.39 is 0 Å². The third kappa shape index (κ3) is 3.29. The van der Waals surface area contributed by atoms with Gasteiger partial charge in [-0.05, 0) is 18.6 Å². The minimum absolute atomic E-state index is 0.133. The quantitative estimate of drug-likeness (QED) is 0.914. The van der Waals surface area contributed by atoms with E-state index in [4.69, 9.17) is 0 Å². The Morgan fingerprint density at radius 2 is 2.00 bits per heavy atom. The molecule has 0 aromatic carbocycles. The van der Waals surface area contributed by atoms with Gasteiger partial charge in [-0.1, -0.05) is 20.8 Å². The lowest BCUT2D eigenvalue weighted by atomic mass is 9.98. The third-order valence-corrected chi connectivity index (χ3v) is 3.96. The molecule has 0 amide bonds. The van der Waals surface area contributed by atoms with Crippen LogP contribution < -0.4 is 5.32 Å². The molecule has 18 heavy (non-hydrogen) atoms. The van der Waals surface area contributed by atoms with Crippen LogP contribution in [-0.4, -0.2) is 9.97 Å². The topological polar surface area (TPSA) is 37.8 Å². The molecule has 2 aromatic heterocycles. The van der Waals surface area contributed by atoms with Crippen molar-refractivity contribution >= 4 is 17.0 Å². The predicted octanol–water partition coefficient (Wildman–Crippen LogP) is 3.76. The van der Waals surface area contributed by atoms with Gasteiger partial charge in [-0.3, -0.25) is 4.98 Å². The van der Waals surface area contributed by atoms with E-state index in [2.05, 4.69) is 42.1 Å². The van der Waals surface area contributed by atoms with E-state index in [0.29, 0.717) is 0 Å². The maximum atomic E-state index is 4.48. The number of pyridine rings is 1. The molecule has 0 saturated carbocycles. The SMILES string of the molecule is Cc1cncc(NCc2cnc(C(C)(C)C)s2)c1. The molecule has 2 heterocycles. The number of aromatic nitrogens is 2. The molecule has 0 fully saturated rings. The normalized spacial score (nSPS) is 11.6. The van der Waals surface area contributed by atoms with Crippen molar-refractivity contribution in [3.05, 3.63) is 40.1 Å². The molecule has 0 radical (unpaired) electrons. The average molecular weight is 261 g/mol. The Balaban J connectivity index is 2.01. The first-order valence-corrected chi connectivity index (χ1v) is 6.87. The van der Waals surface area contributed by atoms with Crippen LogP contribution in [0, 0.1) is 6.92 Å². The maximum Gasteiger partial charge on any atom is 0.0981 e. The van der Waals surface area contributed by atoms with Crippen LogP contribution >= 0.6 is 11.3 Å². The predicted molar refractivity (Wildman–Crippen MR) is 77.1 cm³/mol. The first-order chi connectivity index (χ1) is 8.45. The van der Waals surface area contributed by atoms with Crippen LogP contribution in [0.25, 0.3) is 0 Å². The van der Waals surface area contributed by atoms with E-state index in [-0.39, 0.29) is 5.41 Å². The fourth-order valence-corrected chi connectivity index (χ4v) is 2.49. The fourth-order valence-electron chi connectivity index (χ4n) is 1.58. The van der Waals surface area contributed by atoms with Crippen LogP contribution in [0.3, 0.4) is 0 Å². The van der Waals surface area contributed by atoms with Gasteiger partial charge in [0, 0.05) is 28.9 Å². The molecule has 96 valence electrons. The molecular formula is C14H19N3S. The first-order valence-electron chi connectivity index (χ1n) is 6.06. The van der Waals surface area contributed by atoms with Gasteiger partial charge < -0.3 is 5.32 Å². The van der Waals surface area contributed by atoms with Crippen LogP contribution in [0.4, 0.5) is 5.69 Å². The Bertz CT molecular complexity index is 526. The molecule has 1 N–H and O–H groups in total. The van der Waals surface area contributed by atoms with Crippen LogP contribution in [0.5, 0.6) is 0 Å². The van der Waals surface area contributed by atoms with Crippen molar-refractivity contribution in [3.63, 3.8) is 0 Å². The molecule has 2 aromatic rings. The van der Waals surface area contributed by atoms with Crippen LogP contribution in [0.2, 0.25) is 0 Å². The van der Waals surface area contributed by atoms with Crippen molar-refractivity contribution < 1.29 is 0 Å². The smallest absolute Gasteiger partial charge is 0.0981 e. The molecule has 4 heteroatoms. The van der Waals surface area contributed by atoms with Crippen LogP contribution in [0.1, 0.15) is 36.2 Å². The molecule has 3 nitrogen and oxygen atoms in total. The summed E-state index contributed by atoms with van der Waals surface area (Å²) in [6.45, 7) is 9.41. The van der Waals surface area contributed by atoms with E-state index in [0.717, 1.165) is 12.2 Å². The van der Waals surface area contributed by atoms with Gasteiger partial charge in [-0.15, -0.1) is 11.3 Å². The standard InChI is InChI=1S/C14H19N3S/c1-10-5-11(7-15-6-10)16-8-12-9-17-13(18-12)14(2,3)4/h5-7,9,16H,8H2,1-4H3. The van der Waals surface area contributed by atoms with Gasteiger partial charge in [0.1, 0.15) is 0 Å². The Morgan fingerprint density at radius 3 is 2.61 bits per heavy atom. The lowest BCUT2D eigenvalue weighted by Crippen LogP contribution is -2.09. The number of nitrogens with one attached hydrogen (secondary N) is 1. The van der Waals surface area contributed by atoms with Gasteiger partial charge in [-0.25, -0.2) is 4.98 Å². The second kappa shape index (κ2) is 5.06. The van der Waals surface area contributed by atoms with Crippen molar-refractivity contribution in [1.29, 1.82) is 0 Å². The van der Waals surface area contributed by atoms with E-state index >= 15 is 0 Å². The van der Waals surface area contributed by atoms with E-state index in [1.165, 1.54) is 15.4 Å². The third-order valence-electron chi connectivity index (χ3n) is 2.54. The second-order valence-corrected chi connectivity index (χ2v) is 6.60. The highest BCUT2D eigenvalue weighted by atomic mass is 32.1. The number of hydrogen-bond donors (Lipinski definition) is 1.